The summed E-state index contributed by atoms with van der Waals surface area (Å²) in [6.07, 6.45) is 0.0555. The van der Waals surface area contributed by atoms with Gasteiger partial charge >= 0.3 is 5.97 Å². The topological polar surface area (TPSA) is 92.8 Å². The Labute approximate surface area is 175 Å². The van der Waals surface area contributed by atoms with E-state index in [0.29, 0.717) is 11.3 Å². The number of hydrogen-bond acceptors (Lipinski definition) is 5. The first-order valence-corrected chi connectivity index (χ1v) is 9.69. The monoisotopic (exact) mass is 408 g/mol. The Hall–Kier alpha value is -3.48. The summed E-state index contributed by atoms with van der Waals surface area (Å²) in [6, 6.07) is 12.3. The molecule has 0 spiro atoms. The number of ketones is 1. The smallest absolute Gasteiger partial charge is 0.311 e. The Balaban J connectivity index is 1.53. The zero-order chi connectivity index (χ0) is 21.8. The van der Waals surface area contributed by atoms with Crippen molar-refractivity contribution < 1.29 is 23.9 Å². The Kier molecular flexibility index (Phi) is 6.30. The Morgan fingerprint density at radius 3 is 2.30 bits per heavy atom. The number of nitrogens with zero attached hydrogens (tertiary/aromatic N) is 1. The Morgan fingerprint density at radius 2 is 1.70 bits per heavy atom. The number of hydrogen-bond donors (Lipinski definition) is 1. The summed E-state index contributed by atoms with van der Waals surface area (Å²) in [5.41, 5.74) is 3.88. The lowest BCUT2D eigenvalue weighted by Gasteiger charge is -2.18. The number of anilines is 2. The second-order valence-corrected chi connectivity index (χ2v) is 7.54. The molecule has 0 saturated carbocycles. The van der Waals surface area contributed by atoms with Crippen molar-refractivity contribution in [2.45, 2.75) is 27.2 Å². The average Bonchev–Trinajstić information content (AvgIpc) is 3.07. The molecule has 156 valence electrons. The largest absolute Gasteiger partial charge is 0.455 e. The van der Waals surface area contributed by atoms with E-state index in [1.807, 2.05) is 32.0 Å². The molecule has 2 aromatic rings. The van der Waals surface area contributed by atoms with Crippen molar-refractivity contribution in [1.82, 2.24) is 0 Å². The number of aryl methyl sites for hydroxylation is 2. The van der Waals surface area contributed by atoms with E-state index in [1.54, 1.807) is 29.2 Å². The Morgan fingerprint density at radius 1 is 1.07 bits per heavy atom. The van der Waals surface area contributed by atoms with Gasteiger partial charge in [-0.1, -0.05) is 6.07 Å². The molecule has 30 heavy (non-hydrogen) atoms. The highest BCUT2D eigenvalue weighted by molar-refractivity contribution is 6.00. The average molecular weight is 408 g/mol. The van der Waals surface area contributed by atoms with Crippen LogP contribution in [0.5, 0.6) is 0 Å². The van der Waals surface area contributed by atoms with Crippen LogP contribution in [0.1, 0.15) is 34.8 Å². The molecule has 3 rings (SSSR count). The first-order valence-electron chi connectivity index (χ1n) is 9.69. The van der Waals surface area contributed by atoms with Crippen LogP contribution in [0.3, 0.4) is 0 Å². The molecule has 0 unspecified atom stereocenters. The summed E-state index contributed by atoms with van der Waals surface area (Å²) in [7, 11) is 0. The first kappa shape index (κ1) is 21.2. The number of benzene rings is 2. The molecule has 1 saturated heterocycles. The normalized spacial score (nSPS) is 15.8. The first-order chi connectivity index (χ1) is 14.2. The van der Waals surface area contributed by atoms with Crippen molar-refractivity contribution in [2.75, 3.05) is 23.4 Å². The summed E-state index contributed by atoms with van der Waals surface area (Å²) in [6.45, 7) is 5.16. The predicted octanol–water partition coefficient (Wildman–Crippen LogP) is 3.04. The van der Waals surface area contributed by atoms with Crippen molar-refractivity contribution in [3.63, 3.8) is 0 Å². The molecule has 7 nitrogen and oxygen atoms in total. The maximum atomic E-state index is 12.4. The number of ether oxygens (including phenoxy) is 1. The van der Waals surface area contributed by atoms with Crippen LogP contribution < -0.4 is 10.2 Å². The van der Waals surface area contributed by atoms with Crippen LogP contribution in [-0.4, -0.2) is 36.7 Å². The standard InChI is InChI=1S/C23H24N2O5/c1-14-8-15(2)10-20(9-14)25-12-18(11-22(25)28)23(29)30-13-21(27)24-19-6-4-17(5-7-19)16(3)26/h4-10,18H,11-13H2,1-3H3,(H,24,27)/t18-/m0/s1. The Bertz CT molecular complexity index is 977. The molecule has 0 radical (unpaired) electrons. The number of carbonyl (C=O) groups excluding carboxylic acids is 4. The van der Waals surface area contributed by atoms with Gasteiger partial charge in [-0.15, -0.1) is 0 Å². The van der Waals surface area contributed by atoms with Gasteiger partial charge in [-0.25, -0.2) is 0 Å². The summed E-state index contributed by atoms with van der Waals surface area (Å²) >= 11 is 0. The number of amides is 2. The fourth-order valence-electron chi connectivity index (χ4n) is 3.46. The van der Waals surface area contributed by atoms with Gasteiger partial charge in [0.1, 0.15) is 0 Å². The second kappa shape index (κ2) is 8.90. The van der Waals surface area contributed by atoms with Crippen LogP contribution in [0.15, 0.2) is 42.5 Å². The predicted molar refractivity (Wildman–Crippen MR) is 112 cm³/mol. The van der Waals surface area contributed by atoms with Gasteiger partial charge in [0.2, 0.25) is 5.91 Å². The van der Waals surface area contributed by atoms with Crippen molar-refractivity contribution in [2.24, 2.45) is 5.92 Å². The lowest BCUT2D eigenvalue weighted by atomic mass is 10.1. The van der Waals surface area contributed by atoms with Gasteiger partial charge in [0, 0.05) is 29.9 Å². The van der Waals surface area contributed by atoms with Crippen LogP contribution in [0, 0.1) is 19.8 Å². The molecule has 1 N–H and O–H groups in total. The zero-order valence-corrected chi connectivity index (χ0v) is 17.2. The lowest BCUT2D eigenvalue weighted by molar-refractivity contribution is -0.151. The van der Waals surface area contributed by atoms with E-state index in [0.717, 1.165) is 16.8 Å². The van der Waals surface area contributed by atoms with Gasteiger partial charge in [-0.2, -0.15) is 0 Å². The molecule has 7 heteroatoms. The highest BCUT2D eigenvalue weighted by Crippen LogP contribution is 2.27. The van der Waals surface area contributed by atoms with E-state index in [9.17, 15) is 19.2 Å². The van der Waals surface area contributed by atoms with E-state index in [1.165, 1.54) is 6.92 Å². The van der Waals surface area contributed by atoms with Crippen molar-refractivity contribution in [3.8, 4) is 0 Å². The highest BCUT2D eigenvalue weighted by Gasteiger charge is 2.36. The van der Waals surface area contributed by atoms with Crippen molar-refractivity contribution >= 4 is 34.9 Å². The van der Waals surface area contributed by atoms with E-state index >= 15 is 0 Å². The molecule has 1 fully saturated rings. The van der Waals surface area contributed by atoms with E-state index in [4.69, 9.17) is 4.74 Å². The van der Waals surface area contributed by atoms with Crippen molar-refractivity contribution in [1.29, 1.82) is 0 Å². The summed E-state index contributed by atoms with van der Waals surface area (Å²) in [5.74, 6) is -1.88. The minimum absolute atomic E-state index is 0.0555. The lowest BCUT2D eigenvalue weighted by Crippen LogP contribution is -2.28. The van der Waals surface area contributed by atoms with Crippen LogP contribution in [0.4, 0.5) is 11.4 Å². The summed E-state index contributed by atoms with van der Waals surface area (Å²) in [4.78, 5) is 49.7. The number of rotatable bonds is 6. The van der Waals surface area contributed by atoms with Gasteiger partial charge in [0.05, 0.1) is 5.92 Å². The third kappa shape index (κ3) is 5.11. The van der Waals surface area contributed by atoms with Crippen LogP contribution >= 0.6 is 0 Å². The van der Waals surface area contributed by atoms with Crippen molar-refractivity contribution in [3.05, 3.63) is 59.2 Å². The van der Waals surface area contributed by atoms with E-state index in [2.05, 4.69) is 5.32 Å². The molecule has 0 bridgehead atoms. The number of esters is 1. The highest BCUT2D eigenvalue weighted by atomic mass is 16.5. The van der Waals surface area contributed by atoms with Crippen LogP contribution in [0.25, 0.3) is 0 Å². The number of nitrogens with one attached hydrogen (secondary N) is 1. The number of carbonyl (C=O) groups is 4. The van der Waals surface area contributed by atoms with Crippen LogP contribution in [0.2, 0.25) is 0 Å². The maximum Gasteiger partial charge on any atom is 0.311 e. The van der Waals surface area contributed by atoms with Gasteiger partial charge in [0.25, 0.3) is 5.91 Å². The molecule has 1 aliphatic heterocycles. The molecule has 1 heterocycles. The third-order valence-corrected chi connectivity index (χ3v) is 4.90. The molecule has 1 atom stereocenters. The van der Waals surface area contributed by atoms with E-state index in [-0.39, 0.29) is 24.7 Å². The maximum absolute atomic E-state index is 12.4. The fourth-order valence-corrected chi connectivity index (χ4v) is 3.46. The molecule has 0 aliphatic carbocycles. The van der Waals surface area contributed by atoms with Crippen LogP contribution in [-0.2, 0) is 19.1 Å². The zero-order valence-electron chi connectivity index (χ0n) is 17.2. The minimum atomic E-state index is -0.610. The number of Topliss-reactive ketones (excluding diaryl/α,β-unsaturated/α-hetero) is 1. The molecular weight excluding hydrogens is 384 g/mol. The summed E-state index contributed by atoms with van der Waals surface area (Å²) in [5, 5.41) is 2.61. The fraction of sp³-hybridized carbons (Fsp3) is 0.304. The molecule has 0 aromatic heterocycles. The van der Waals surface area contributed by atoms with E-state index < -0.39 is 24.4 Å². The summed E-state index contributed by atoms with van der Waals surface area (Å²) < 4.78 is 5.12. The molecule has 2 amide bonds. The quantitative estimate of drug-likeness (QED) is 0.586. The third-order valence-electron chi connectivity index (χ3n) is 4.90. The van der Waals surface area contributed by atoms with Gasteiger partial charge < -0.3 is 15.0 Å². The van der Waals surface area contributed by atoms with Gasteiger partial charge in [0.15, 0.2) is 12.4 Å². The molecule has 2 aromatic carbocycles. The molecule has 1 aliphatic rings. The van der Waals surface area contributed by atoms with Gasteiger partial charge in [-0.05, 0) is 68.3 Å². The van der Waals surface area contributed by atoms with Gasteiger partial charge in [-0.3, -0.25) is 19.2 Å². The second-order valence-electron chi connectivity index (χ2n) is 7.54. The minimum Gasteiger partial charge on any atom is -0.455 e. The SMILES string of the molecule is CC(=O)c1ccc(NC(=O)COC(=O)[C@H]2CC(=O)N(c3cc(C)cc(C)c3)C2)cc1. The molecular formula is C23H24N2O5.